The Labute approximate surface area is 124 Å². The molecule has 1 saturated heterocycles. The van der Waals surface area contributed by atoms with Crippen LogP contribution in [0.15, 0.2) is 36.7 Å². The van der Waals surface area contributed by atoms with Crippen LogP contribution in [0.1, 0.15) is 11.3 Å². The maximum Gasteiger partial charge on any atom is 0.128 e. The van der Waals surface area contributed by atoms with Crippen molar-refractivity contribution in [3.8, 4) is 0 Å². The van der Waals surface area contributed by atoms with Gasteiger partial charge in [0, 0.05) is 55.5 Å². The normalized spacial score (nSPS) is 15.3. The number of hydrogen-bond acceptors (Lipinski definition) is 5. The van der Waals surface area contributed by atoms with Crippen LogP contribution in [0, 0.1) is 6.92 Å². The molecule has 21 heavy (non-hydrogen) atoms. The Bertz CT molecular complexity index is 594. The SMILES string of the molecule is Cc1cc(N2CCN(c3ccccn3)CC2)c(CO)cn1. The van der Waals surface area contributed by atoms with Crippen molar-refractivity contribution in [1.82, 2.24) is 9.97 Å². The maximum absolute atomic E-state index is 9.48. The Kier molecular flexibility index (Phi) is 4.01. The molecule has 0 aromatic carbocycles. The molecule has 1 N–H and O–H groups in total. The maximum atomic E-state index is 9.48. The minimum atomic E-state index is 0.0308. The second-order valence-electron chi connectivity index (χ2n) is 5.27. The van der Waals surface area contributed by atoms with E-state index in [0.29, 0.717) is 0 Å². The number of aryl methyl sites for hydroxylation is 1. The van der Waals surface area contributed by atoms with E-state index in [1.165, 1.54) is 0 Å². The van der Waals surface area contributed by atoms with Gasteiger partial charge in [-0.15, -0.1) is 0 Å². The van der Waals surface area contributed by atoms with Crippen molar-refractivity contribution >= 4 is 11.5 Å². The summed E-state index contributed by atoms with van der Waals surface area (Å²) in [6, 6.07) is 8.06. The summed E-state index contributed by atoms with van der Waals surface area (Å²) >= 11 is 0. The van der Waals surface area contributed by atoms with Gasteiger partial charge >= 0.3 is 0 Å². The summed E-state index contributed by atoms with van der Waals surface area (Å²) in [5.74, 6) is 1.03. The number of aliphatic hydroxyl groups is 1. The van der Waals surface area contributed by atoms with E-state index in [-0.39, 0.29) is 6.61 Å². The average molecular weight is 284 g/mol. The van der Waals surface area contributed by atoms with Crippen LogP contribution in [0.4, 0.5) is 11.5 Å². The van der Waals surface area contributed by atoms with E-state index in [2.05, 4.69) is 25.8 Å². The molecule has 0 bridgehead atoms. The lowest BCUT2D eigenvalue weighted by molar-refractivity contribution is 0.281. The molecule has 1 fully saturated rings. The number of piperazine rings is 1. The standard InChI is InChI=1S/C16H20N4O/c1-13-10-15(14(12-21)11-18-13)19-6-8-20(9-7-19)16-4-2-3-5-17-16/h2-5,10-11,21H,6-9,12H2,1H3. The zero-order valence-electron chi connectivity index (χ0n) is 12.2. The van der Waals surface area contributed by atoms with Crippen LogP contribution in [0.2, 0.25) is 0 Å². The van der Waals surface area contributed by atoms with Gasteiger partial charge < -0.3 is 14.9 Å². The van der Waals surface area contributed by atoms with Gasteiger partial charge in [-0.25, -0.2) is 4.98 Å². The van der Waals surface area contributed by atoms with Crippen molar-refractivity contribution in [1.29, 1.82) is 0 Å². The van der Waals surface area contributed by atoms with E-state index in [9.17, 15) is 5.11 Å². The van der Waals surface area contributed by atoms with Crippen LogP contribution in [-0.4, -0.2) is 41.3 Å². The minimum Gasteiger partial charge on any atom is -0.392 e. The molecule has 0 radical (unpaired) electrons. The minimum absolute atomic E-state index is 0.0308. The molecule has 110 valence electrons. The van der Waals surface area contributed by atoms with Crippen LogP contribution in [0.25, 0.3) is 0 Å². The summed E-state index contributed by atoms with van der Waals surface area (Å²) in [5.41, 5.74) is 2.98. The van der Waals surface area contributed by atoms with Crippen molar-refractivity contribution in [2.24, 2.45) is 0 Å². The molecular formula is C16H20N4O. The molecule has 1 aliphatic heterocycles. The van der Waals surface area contributed by atoms with Crippen LogP contribution >= 0.6 is 0 Å². The lowest BCUT2D eigenvalue weighted by Crippen LogP contribution is -2.47. The van der Waals surface area contributed by atoms with Gasteiger partial charge in [-0.1, -0.05) is 6.07 Å². The highest BCUT2D eigenvalue weighted by Crippen LogP contribution is 2.23. The molecule has 0 atom stereocenters. The number of aliphatic hydroxyl groups excluding tert-OH is 1. The van der Waals surface area contributed by atoms with Crippen LogP contribution in [0.3, 0.4) is 0 Å². The Morgan fingerprint density at radius 1 is 1.10 bits per heavy atom. The van der Waals surface area contributed by atoms with E-state index in [4.69, 9.17) is 0 Å². The molecule has 5 heteroatoms. The van der Waals surface area contributed by atoms with Gasteiger partial charge in [-0.05, 0) is 25.1 Å². The Morgan fingerprint density at radius 3 is 2.52 bits per heavy atom. The molecule has 0 unspecified atom stereocenters. The largest absolute Gasteiger partial charge is 0.392 e. The summed E-state index contributed by atoms with van der Waals surface area (Å²) < 4.78 is 0. The molecule has 0 saturated carbocycles. The highest BCUT2D eigenvalue weighted by Gasteiger charge is 2.20. The third kappa shape index (κ3) is 2.97. The topological polar surface area (TPSA) is 52.5 Å². The number of aromatic nitrogens is 2. The van der Waals surface area contributed by atoms with Crippen molar-refractivity contribution in [2.45, 2.75) is 13.5 Å². The summed E-state index contributed by atoms with van der Waals surface area (Å²) in [4.78, 5) is 13.3. The predicted octanol–water partition coefficient (Wildman–Crippen LogP) is 1.60. The van der Waals surface area contributed by atoms with Crippen molar-refractivity contribution in [2.75, 3.05) is 36.0 Å². The predicted molar refractivity (Wildman–Crippen MR) is 83.6 cm³/mol. The average Bonchev–Trinajstić information content (AvgIpc) is 2.56. The van der Waals surface area contributed by atoms with Gasteiger partial charge in [0.05, 0.1) is 6.61 Å². The summed E-state index contributed by atoms with van der Waals surface area (Å²) in [6.07, 6.45) is 3.60. The van der Waals surface area contributed by atoms with E-state index in [1.807, 2.05) is 31.3 Å². The van der Waals surface area contributed by atoms with Crippen molar-refractivity contribution in [3.05, 3.63) is 47.9 Å². The van der Waals surface area contributed by atoms with Crippen molar-refractivity contribution in [3.63, 3.8) is 0 Å². The third-order valence-electron chi connectivity index (χ3n) is 3.86. The fourth-order valence-corrected chi connectivity index (χ4v) is 2.71. The lowest BCUT2D eigenvalue weighted by Gasteiger charge is -2.37. The Hall–Kier alpha value is -2.14. The fourth-order valence-electron chi connectivity index (χ4n) is 2.71. The molecule has 0 spiro atoms. The molecule has 3 rings (SSSR count). The zero-order valence-corrected chi connectivity index (χ0v) is 12.2. The fraction of sp³-hybridized carbons (Fsp3) is 0.375. The summed E-state index contributed by atoms with van der Waals surface area (Å²) in [5, 5.41) is 9.48. The molecule has 5 nitrogen and oxygen atoms in total. The summed E-state index contributed by atoms with van der Waals surface area (Å²) in [6.45, 7) is 5.73. The number of nitrogens with zero attached hydrogens (tertiary/aromatic N) is 4. The van der Waals surface area contributed by atoms with Crippen LogP contribution < -0.4 is 9.80 Å². The van der Waals surface area contributed by atoms with Crippen LogP contribution in [0.5, 0.6) is 0 Å². The molecular weight excluding hydrogens is 264 g/mol. The number of anilines is 2. The molecule has 0 amide bonds. The molecule has 3 heterocycles. The zero-order chi connectivity index (χ0) is 14.7. The van der Waals surface area contributed by atoms with Gasteiger partial charge in [0.2, 0.25) is 0 Å². The monoisotopic (exact) mass is 284 g/mol. The summed E-state index contributed by atoms with van der Waals surface area (Å²) in [7, 11) is 0. The Morgan fingerprint density at radius 2 is 1.86 bits per heavy atom. The first kappa shape index (κ1) is 13.8. The second kappa shape index (κ2) is 6.10. The molecule has 2 aromatic heterocycles. The van der Waals surface area contributed by atoms with E-state index < -0.39 is 0 Å². The number of pyridine rings is 2. The number of hydrogen-bond donors (Lipinski definition) is 1. The van der Waals surface area contributed by atoms with E-state index in [0.717, 1.165) is 48.9 Å². The van der Waals surface area contributed by atoms with Gasteiger partial charge in [0.1, 0.15) is 5.82 Å². The van der Waals surface area contributed by atoms with Gasteiger partial charge in [0.25, 0.3) is 0 Å². The molecule has 1 aliphatic rings. The number of rotatable bonds is 3. The van der Waals surface area contributed by atoms with E-state index >= 15 is 0 Å². The first-order chi connectivity index (χ1) is 10.3. The highest BCUT2D eigenvalue weighted by molar-refractivity contribution is 5.55. The third-order valence-corrected chi connectivity index (χ3v) is 3.86. The first-order valence-corrected chi connectivity index (χ1v) is 7.25. The van der Waals surface area contributed by atoms with Gasteiger partial charge in [-0.3, -0.25) is 4.98 Å². The highest BCUT2D eigenvalue weighted by atomic mass is 16.3. The molecule has 0 aliphatic carbocycles. The Balaban J connectivity index is 1.73. The van der Waals surface area contributed by atoms with Gasteiger partial charge in [0.15, 0.2) is 0 Å². The lowest BCUT2D eigenvalue weighted by atomic mass is 10.1. The quantitative estimate of drug-likeness (QED) is 0.928. The first-order valence-electron chi connectivity index (χ1n) is 7.25. The van der Waals surface area contributed by atoms with Gasteiger partial charge in [-0.2, -0.15) is 0 Å². The van der Waals surface area contributed by atoms with E-state index in [1.54, 1.807) is 6.20 Å². The van der Waals surface area contributed by atoms with Crippen molar-refractivity contribution < 1.29 is 5.11 Å². The van der Waals surface area contributed by atoms with Crippen LogP contribution in [-0.2, 0) is 6.61 Å². The molecule has 2 aromatic rings. The smallest absolute Gasteiger partial charge is 0.128 e. The second-order valence-corrected chi connectivity index (χ2v) is 5.27.